The number of aldehydes is 1. The lowest BCUT2D eigenvalue weighted by atomic mass is 9.68. The topological polar surface area (TPSA) is 79.2 Å². The second-order valence-corrected chi connectivity index (χ2v) is 6.51. The Labute approximate surface area is 143 Å². The molecule has 1 aromatic carbocycles. The molecule has 0 aromatic heterocycles. The van der Waals surface area contributed by atoms with E-state index in [1.807, 2.05) is 30.1 Å². The number of ether oxygens (including phenoxy) is 2. The van der Waals surface area contributed by atoms with Gasteiger partial charge in [-0.15, -0.1) is 0 Å². The summed E-state index contributed by atoms with van der Waals surface area (Å²) in [5.41, 5.74) is 0.374. The van der Waals surface area contributed by atoms with E-state index in [4.69, 9.17) is 9.47 Å². The molecule has 0 amide bonds. The van der Waals surface area contributed by atoms with Gasteiger partial charge in [0, 0.05) is 5.41 Å². The fourth-order valence-corrected chi connectivity index (χ4v) is 4.16. The van der Waals surface area contributed by atoms with Crippen molar-refractivity contribution < 1.29 is 24.5 Å². The summed E-state index contributed by atoms with van der Waals surface area (Å²) in [5.74, 6) is -1.20. The van der Waals surface area contributed by atoms with Gasteiger partial charge in [0.25, 0.3) is 0 Å². The summed E-state index contributed by atoms with van der Waals surface area (Å²) in [6.45, 7) is 2.73. The summed E-state index contributed by atoms with van der Waals surface area (Å²) in [5, 5.41) is 20.7. The average Bonchev–Trinajstić information content (AvgIpc) is 2.92. The molecule has 1 saturated heterocycles. The van der Waals surface area contributed by atoms with E-state index in [-0.39, 0.29) is 6.29 Å². The first-order chi connectivity index (χ1) is 11.4. The smallest absolute Gasteiger partial charge is 0.237 e. The predicted octanol–water partition coefficient (Wildman–Crippen LogP) is 1.33. The molecule has 24 heavy (non-hydrogen) atoms. The highest BCUT2D eigenvalue weighted by Gasteiger charge is 2.56. The fraction of sp³-hybridized carbons (Fsp3) is 0.611. The minimum atomic E-state index is -2.41. The number of nitrogens with zero attached hydrogens (tertiary/aromatic N) is 1. The molecule has 0 bridgehead atoms. The maximum atomic E-state index is 11.3. The molecule has 2 rings (SSSR count). The van der Waals surface area contributed by atoms with E-state index < -0.39 is 17.2 Å². The predicted molar refractivity (Wildman–Crippen MR) is 90.4 cm³/mol. The number of hydrogen-bond acceptors (Lipinski definition) is 6. The quantitative estimate of drug-likeness (QED) is 0.577. The Morgan fingerprint density at radius 2 is 2.00 bits per heavy atom. The molecule has 1 aliphatic heterocycles. The van der Waals surface area contributed by atoms with Gasteiger partial charge in [-0.1, -0.05) is 19.4 Å². The van der Waals surface area contributed by atoms with Crippen LogP contribution < -0.4 is 9.47 Å². The minimum absolute atomic E-state index is 0.227. The second kappa shape index (κ2) is 7.09. The SMILES string of the molecule is CCC[C@@]1(c2ccc(OC)c(OC)c2)CCN(C)C1C(O)(O)C=O. The molecule has 1 aliphatic rings. The van der Waals surface area contributed by atoms with E-state index in [0.717, 1.165) is 24.8 Å². The number of hydrogen-bond donors (Lipinski definition) is 2. The molecule has 1 fully saturated rings. The number of rotatable bonds is 7. The van der Waals surface area contributed by atoms with Gasteiger partial charge >= 0.3 is 0 Å². The summed E-state index contributed by atoms with van der Waals surface area (Å²) < 4.78 is 10.7. The molecule has 0 radical (unpaired) electrons. The Morgan fingerprint density at radius 3 is 2.54 bits per heavy atom. The van der Waals surface area contributed by atoms with Crippen LogP contribution in [-0.4, -0.2) is 61.0 Å². The van der Waals surface area contributed by atoms with Crippen molar-refractivity contribution in [1.29, 1.82) is 0 Å². The molecule has 1 aromatic rings. The largest absolute Gasteiger partial charge is 0.493 e. The van der Waals surface area contributed by atoms with Crippen LogP contribution in [0.2, 0.25) is 0 Å². The minimum Gasteiger partial charge on any atom is -0.493 e. The number of benzene rings is 1. The Kier molecular flexibility index (Phi) is 5.52. The summed E-state index contributed by atoms with van der Waals surface area (Å²) in [7, 11) is 4.96. The average molecular weight is 337 g/mol. The third-order valence-electron chi connectivity index (χ3n) is 5.11. The molecule has 0 aliphatic carbocycles. The van der Waals surface area contributed by atoms with Crippen molar-refractivity contribution in [3.05, 3.63) is 23.8 Å². The third-order valence-corrected chi connectivity index (χ3v) is 5.11. The van der Waals surface area contributed by atoms with Crippen LogP contribution in [0.1, 0.15) is 31.7 Å². The Balaban J connectivity index is 2.60. The monoisotopic (exact) mass is 337 g/mol. The van der Waals surface area contributed by atoms with E-state index in [1.165, 1.54) is 0 Å². The van der Waals surface area contributed by atoms with Gasteiger partial charge < -0.3 is 19.7 Å². The first-order valence-electron chi connectivity index (χ1n) is 8.20. The summed E-state index contributed by atoms with van der Waals surface area (Å²) in [6, 6.07) is 4.89. The first-order valence-corrected chi connectivity index (χ1v) is 8.20. The van der Waals surface area contributed by atoms with Crippen molar-refractivity contribution in [2.24, 2.45) is 0 Å². The molecule has 2 atom stereocenters. The molecule has 0 saturated carbocycles. The zero-order chi connectivity index (χ0) is 18.0. The number of methoxy groups -OCH3 is 2. The van der Waals surface area contributed by atoms with Crippen LogP contribution in [-0.2, 0) is 10.2 Å². The van der Waals surface area contributed by atoms with E-state index in [1.54, 1.807) is 14.2 Å². The van der Waals surface area contributed by atoms with Gasteiger partial charge in [-0.2, -0.15) is 0 Å². The van der Waals surface area contributed by atoms with Crippen LogP contribution >= 0.6 is 0 Å². The zero-order valence-corrected chi connectivity index (χ0v) is 14.8. The second-order valence-electron chi connectivity index (χ2n) is 6.51. The number of aliphatic hydroxyl groups is 2. The van der Waals surface area contributed by atoms with Crippen LogP contribution in [0.25, 0.3) is 0 Å². The molecular weight excluding hydrogens is 310 g/mol. The standard InChI is InChI=1S/C18H27NO5/c1-5-8-17(9-10-19(2)16(17)18(21,22)12-20)13-6-7-14(23-3)15(11-13)24-4/h6-7,11-12,16,21-22H,5,8-10H2,1-4H3/t16?,17-/m0/s1. The van der Waals surface area contributed by atoms with Crippen molar-refractivity contribution in [1.82, 2.24) is 4.90 Å². The van der Waals surface area contributed by atoms with E-state index in [9.17, 15) is 15.0 Å². The molecule has 1 heterocycles. The lowest BCUT2D eigenvalue weighted by Crippen LogP contribution is -2.58. The van der Waals surface area contributed by atoms with Crippen LogP contribution in [0.4, 0.5) is 0 Å². The number of likely N-dealkylation sites (tertiary alicyclic amines) is 1. The van der Waals surface area contributed by atoms with Crippen LogP contribution in [0.15, 0.2) is 18.2 Å². The van der Waals surface area contributed by atoms with Crippen LogP contribution in [0.3, 0.4) is 0 Å². The fourth-order valence-electron chi connectivity index (χ4n) is 4.16. The number of carbonyl (C=O) groups is 1. The van der Waals surface area contributed by atoms with E-state index in [0.29, 0.717) is 18.0 Å². The van der Waals surface area contributed by atoms with Crippen molar-refractivity contribution in [2.75, 3.05) is 27.8 Å². The summed E-state index contributed by atoms with van der Waals surface area (Å²) in [4.78, 5) is 13.2. The lowest BCUT2D eigenvalue weighted by molar-refractivity contribution is -0.198. The highest BCUT2D eigenvalue weighted by atomic mass is 16.5. The summed E-state index contributed by atoms with van der Waals surface area (Å²) >= 11 is 0. The molecule has 134 valence electrons. The van der Waals surface area contributed by atoms with Crippen molar-refractivity contribution in [3.63, 3.8) is 0 Å². The molecule has 6 nitrogen and oxygen atoms in total. The highest BCUT2D eigenvalue weighted by Crippen LogP contribution is 2.48. The van der Waals surface area contributed by atoms with E-state index >= 15 is 0 Å². The van der Waals surface area contributed by atoms with Gasteiger partial charge in [0.05, 0.1) is 20.3 Å². The van der Waals surface area contributed by atoms with Gasteiger partial charge in [0.15, 0.2) is 17.8 Å². The zero-order valence-electron chi connectivity index (χ0n) is 14.8. The number of carbonyl (C=O) groups excluding carboxylic acids is 1. The van der Waals surface area contributed by atoms with Gasteiger partial charge in [-0.25, -0.2) is 0 Å². The normalized spacial score (nSPS) is 24.8. The molecule has 1 unspecified atom stereocenters. The Bertz CT molecular complexity index is 585. The summed E-state index contributed by atoms with van der Waals surface area (Å²) in [6.07, 6.45) is 2.54. The van der Waals surface area contributed by atoms with E-state index in [2.05, 4.69) is 6.92 Å². The van der Waals surface area contributed by atoms with Gasteiger partial charge in [-0.3, -0.25) is 9.69 Å². The molecule has 2 N–H and O–H groups in total. The third kappa shape index (κ3) is 3.01. The van der Waals surface area contributed by atoms with Gasteiger partial charge in [0.2, 0.25) is 5.79 Å². The Morgan fingerprint density at radius 1 is 1.33 bits per heavy atom. The van der Waals surface area contributed by atoms with Gasteiger partial charge in [-0.05, 0) is 44.1 Å². The lowest BCUT2D eigenvalue weighted by Gasteiger charge is -2.42. The van der Waals surface area contributed by atoms with Crippen molar-refractivity contribution in [3.8, 4) is 11.5 Å². The molecule has 0 spiro atoms. The number of likely N-dealkylation sites (N-methyl/N-ethyl adjacent to an activating group) is 1. The Hall–Kier alpha value is -1.63. The first kappa shape index (κ1) is 18.7. The van der Waals surface area contributed by atoms with Crippen LogP contribution in [0, 0.1) is 0 Å². The molecular formula is C18H27NO5. The van der Waals surface area contributed by atoms with Crippen LogP contribution in [0.5, 0.6) is 11.5 Å². The van der Waals surface area contributed by atoms with Gasteiger partial charge in [0.1, 0.15) is 0 Å². The van der Waals surface area contributed by atoms with Crippen molar-refractivity contribution >= 4 is 6.29 Å². The maximum absolute atomic E-state index is 11.3. The molecule has 6 heteroatoms. The maximum Gasteiger partial charge on any atom is 0.237 e. The van der Waals surface area contributed by atoms with Crippen molar-refractivity contribution in [2.45, 2.75) is 43.4 Å². The highest BCUT2D eigenvalue weighted by molar-refractivity contribution is 5.62.